The minimum absolute atomic E-state index is 0.245. The van der Waals surface area contributed by atoms with Gasteiger partial charge in [-0.15, -0.1) is 0 Å². The summed E-state index contributed by atoms with van der Waals surface area (Å²) in [6.07, 6.45) is -5.02. The number of amides is 1. The Morgan fingerprint density at radius 3 is 2.28 bits per heavy atom. The van der Waals surface area contributed by atoms with E-state index >= 15 is 0 Å². The first-order chi connectivity index (χ1) is 8.05. The quantitative estimate of drug-likeness (QED) is 0.859. The normalized spacial score (nSPS) is 15.1. The van der Waals surface area contributed by atoms with Crippen molar-refractivity contribution in [1.82, 2.24) is 0 Å². The molecule has 0 aromatic heterocycles. The lowest BCUT2D eigenvalue weighted by molar-refractivity contribution is -0.242. The summed E-state index contributed by atoms with van der Waals surface area (Å²) in [4.78, 5) is 11.4. The van der Waals surface area contributed by atoms with Crippen LogP contribution in [0.3, 0.4) is 0 Å². The molecule has 100 valence electrons. The molecule has 0 fully saturated rings. The number of halogens is 3. The van der Waals surface area contributed by atoms with E-state index in [0.717, 1.165) is 5.56 Å². The van der Waals surface area contributed by atoms with E-state index in [1.54, 1.807) is 19.1 Å². The van der Waals surface area contributed by atoms with Gasteiger partial charge in [-0.1, -0.05) is 17.7 Å². The molecule has 1 unspecified atom stereocenters. The number of nitrogens with one attached hydrogen (secondary N) is 1. The standard InChI is InChI=1S/C12H14F3NO2/c1-7-4-5-9(8(2)6-7)16-10(17)11(3,18)12(13,14)15/h4-6,18H,1-3H3,(H,16,17). The second kappa shape index (κ2) is 4.61. The van der Waals surface area contributed by atoms with Crippen LogP contribution in [0.25, 0.3) is 0 Å². The van der Waals surface area contributed by atoms with Crippen LogP contribution in [-0.4, -0.2) is 22.8 Å². The average Bonchev–Trinajstić information content (AvgIpc) is 2.20. The molecule has 0 saturated carbocycles. The molecular formula is C12H14F3NO2. The van der Waals surface area contributed by atoms with E-state index < -0.39 is 17.7 Å². The fourth-order valence-electron chi connectivity index (χ4n) is 1.33. The highest BCUT2D eigenvalue weighted by Gasteiger charge is 2.55. The zero-order valence-corrected chi connectivity index (χ0v) is 10.2. The van der Waals surface area contributed by atoms with Crippen molar-refractivity contribution in [2.45, 2.75) is 32.5 Å². The van der Waals surface area contributed by atoms with E-state index in [1.165, 1.54) is 6.07 Å². The molecule has 0 heterocycles. The summed E-state index contributed by atoms with van der Waals surface area (Å²) in [6, 6.07) is 4.87. The molecule has 0 radical (unpaired) electrons. The maximum absolute atomic E-state index is 12.4. The Morgan fingerprint density at radius 2 is 1.83 bits per heavy atom. The van der Waals surface area contributed by atoms with Crippen molar-refractivity contribution in [3.8, 4) is 0 Å². The van der Waals surface area contributed by atoms with Crippen molar-refractivity contribution in [3.05, 3.63) is 29.3 Å². The third kappa shape index (κ3) is 2.81. The predicted molar refractivity (Wildman–Crippen MR) is 61.2 cm³/mol. The summed E-state index contributed by atoms with van der Waals surface area (Å²) in [6.45, 7) is 3.90. The number of alkyl halides is 3. The van der Waals surface area contributed by atoms with Gasteiger partial charge in [0.25, 0.3) is 5.91 Å². The molecular weight excluding hydrogens is 247 g/mol. The maximum atomic E-state index is 12.4. The number of rotatable bonds is 2. The minimum atomic E-state index is -5.02. The lowest BCUT2D eigenvalue weighted by Gasteiger charge is -2.25. The van der Waals surface area contributed by atoms with Gasteiger partial charge in [-0.3, -0.25) is 4.79 Å². The first-order valence-corrected chi connectivity index (χ1v) is 5.23. The second-order valence-electron chi connectivity index (χ2n) is 4.34. The first kappa shape index (κ1) is 14.5. The molecule has 1 amide bonds. The summed E-state index contributed by atoms with van der Waals surface area (Å²) in [5, 5.41) is 11.3. The molecule has 0 spiro atoms. The second-order valence-corrected chi connectivity index (χ2v) is 4.34. The molecule has 1 aromatic rings. The third-order valence-electron chi connectivity index (χ3n) is 2.62. The molecule has 1 rings (SSSR count). The van der Waals surface area contributed by atoms with Crippen molar-refractivity contribution in [2.75, 3.05) is 5.32 Å². The van der Waals surface area contributed by atoms with Crippen molar-refractivity contribution < 1.29 is 23.1 Å². The molecule has 0 saturated heterocycles. The molecule has 0 aliphatic heterocycles. The minimum Gasteiger partial charge on any atom is -0.373 e. The fraction of sp³-hybridized carbons (Fsp3) is 0.417. The van der Waals surface area contributed by atoms with Crippen LogP contribution >= 0.6 is 0 Å². The zero-order valence-electron chi connectivity index (χ0n) is 10.2. The van der Waals surface area contributed by atoms with Crippen LogP contribution in [0.5, 0.6) is 0 Å². The van der Waals surface area contributed by atoms with Gasteiger partial charge in [0, 0.05) is 5.69 Å². The van der Waals surface area contributed by atoms with Crippen LogP contribution in [-0.2, 0) is 4.79 Å². The Morgan fingerprint density at radius 1 is 1.28 bits per heavy atom. The van der Waals surface area contributed by atoms with E-state index in [-0.39, 0.29) is 5.69 Å². The number of anilines is 1. The lowest BCUT2D eigenvalue weighted by atomic mass is 10.0. The van der Waals surface area contributed by atoms with Crippen LogP contribution < -0.4 is 5.32 Å². The van der Waals surface area contributed by atoms with Crippen molar-refractivity contribution >= 4 is 11.6 Å². The maximum Gasteiger partial charge on any atom is 0.426 e. The number of carbonyl (C=O) groups is 1. The molecule has 0 bridgehead atoms. The average molecular weight is 261 g/mol. The zero-order chi connectivity index (χ0) is 14.1. The van der Waals surface area contributed by atoms with Gasteiger partial charge in [-0.05, 0) is 32.4 Å². The molecule has 6 heteroatoms. The number of aryl methyl sites for hydroxylation is 2. The molecule has 18 heavy (non-hydrogen) atoms. The number of benzene rings is 1. The van der Waals surface area contributed by atoms with E-state index in [0.29, 0.717) is 12.5 Å². The van der Waals surface area contributed by atoms with Crippen LogP contribution in [0, 0.1) is 13.8 Å². The van der Waals surface area contributed by atoms with Gasteiger partial charge >= 0.3 is 6.18 Å². The summed E-state index contributed by atoms with van der Waals surface area (Å²) >= 11 is 0. The van der Waals surface area contributed by atoms with Gasteiger partial charge in [-0.2, -0.15) is 13.2 Å². The molecule has 1 aromatic carbocycles. The number of hydrogen-bond donors (Lipinski definition) is 2. The van der Waals surface area contributed by atoms with Gasteiger partial charge in [0.05, 0.1) is 0 Å². The molecule has 0 aliphatic rings. The Hall–Kier alpha value is -1.56. The van der Waals surface area contributed by atoms with E-state index in [2.05, 4.69) is 5.32 Å². The van der Waals surface area contributed by atoms with E-state index in [4.69, 9.17) is 0 Å². The van der Waals surface area contributed by atoms with E-state index in [1.807, 2.05) is 6.92 Å². The molecule has 3 nitrogen and oxygen atoms in total. The number of hydrogen-bond acceptors (Lipinski definition) is 2. The van der Waals surface area contributed by atoms with Gasteiger partial charge < -0.3 is 10.4 Å². The van der Waals surface area contributed by atoms with Crippen molar-refractivity contribution in [2.24, 2.45) is 0 Å². The van der Waals surface area contributed by atoms with Gasteiger partial charge in [0.1, 0.15) is 0 Å². The van der Waals surface area contributed by atoms with Crippen molar-refractivity contribution in [3.63, 3.8) is 0 Å². The van der Waals surface area contributed by atoms with Crippen LogP contribution in [0.4, 0.5) is 18.9 Å². The monoisotopic (exact) mass is 261 g/mol. The Balaban J connectivity index is 2.95. The fourth-order valence-corrected chi connectivity index (χ4v) is 1.33. The number of carbonyl (C=O) groups excluding carboxylic acids is 1. The van der Waals surface area contributed by atoms with Crippen LogP contribution in [0.2, 0.25) is 0 Å². The molecule has 1 atom stereocenters. The summed E-state index contributed by atoms with van der Waals surface area (Å²) < 4.78 is 37.3. The molecule has 0 aliphatic carbocycles. The van der Waals surface area contributed by atoms with Crippen LogP contribution in [0.1, 0.15) is 18.1 Å². The highest BCUT2D eigenvalue weighted by atomic mass is 19.4. The van der Waals surface area contributed by atoms with Gasteiger partial charge in [0.2, 0.25) is 5.60 Å². The predicted octanol–water partition coefficient (Wildman–Crippen LogP) is 2.56. The SMILES string of the molecule is Cc1ccc(NC(=O)C(C)(O)C(F)(F)F)c(C)c1. The first-order valence-electron chi connectivity index (χ1n) is 5.23. The van der Waals surface area contributed by atoms with Gasteiger partial charge in [0.15, 0.2) is 0 Å². The smallest absolute Gasteiger partial charge is 0.373 e. The highest BCUT2D eigenvalue weighted by Crippen LogP contribution is 2.31. The summed E-state index contributed by atoms with van der Waals surface area (Å²) in [5.41, 5.74) is -1.62. The third-order valence-corrected chi connectivity index (χ3v) is 2.62. The summed E-state index contributed by atoms with van der Waals surface area (Å²) in [7, 11) is 0. The topological polar surface area (TPSA) is 49.3 Å². The summed E-state index contributed by atoms with van der Waals surface area (Å²) in [5.74, 6) is -1.50. The van der Waals surface area contributed by atoms with E-state index in [9.17, 15) is 23.1 Å². The number of aliphatic hydroxyl groups is 1. The Bertz CT molecular complexity index is 467. The van der Waals surface area contributed by atoms with Crippen molar-refractivity contribution in [1.29, 1.82) is 0 Å². The lowest BCUT2D eigenvalue weighted by Crippen LogP contribution is -2.52. The van der Waals surface area contributed by atoms with Gasteiger partial charge in [-0.25, -0.2) is 0 Å². The molecule has 2 N–H and O–H groups in total. The highest BCUT2D eigenvalue weighted by molar-refractivity contribution is 5.98. The largest absolute Gasteiger partial charge is 0.426 e. The Kier molecular flexibility index (Phi) is 3.71. The van der Waals surface area contributed by atoms with Crippen LogP contribution in [0.15, 0.2) is 18.2 Å². The Labute approximate surface area is 103 Å².